The van der Waals surface area contributed by atoms with Crippen molar-refractivity contribution < 1.29 is 34.8 Å². The van der Waals surface area contributed by atoms with Gasteiger partial charge in [0.1, 0.15) is 5.15 Å². The summed E-state index contributed by atoms with van der Waals surface area (Å²) in [5, 5.41) is 2.60. The van der Waals surface area contributed by atoms with Gasteiger partial charge in [0.2, 0.25) is 0 Å². The number of benzene rings is 3. The van der Waals surface area contributed by atoms with E-state index in [0.29, 0.717) is 5.15 Å². The van der Waals surface area contributed by atoms with Crippen molar-refractivity contribution in [2.45, 2.75) is 52.4 Å². The molecule has 0 saturated carbocycles. The van der Waals surface area contributed by atoms with Crippen molar-refractivity contribution in [1.29, 1.82) is 0 Å². The molecule has 42 heavy (non-hydrogen) atoms. The molecule has 0 spiro atoms. The van der Waals surface area contributed by atoms with E-state index in [0.717, 1.165) is 38.5 Å². The van der Waals surface area contributed by atoms with Crippen LogP contribution in [0.15, 0.2) is 79.0 Å². The maximum atomic E-state index is 7.50. The first-order valence-electron chi connectivity index (χ1n) is 12.7. The van der Waals surface area contributed by atoms with Crippen LogP contribution in [0.25, 0.3) is 44.1 Å². The molecule has 2 aromatic heterocycles. The summed E-state index contributed by atoms with van der Waals surface area (Å²) < 4.78 is 0. The van der Waals surface area contributed by atoms with E-state index in [9.17, 15) is 0 Å². The van der Waals surface area contributed by atoms with Gasteiger partial charge in [-0.1, -0.05) is 114 Å². The minimum absolute atomic E-state index is 0. The number of hydrogen-bond donors (Lipinski definition) is 0. The van der Waals surface area contributed by atoms with Gasteiger partial charge in [0.15, 0.2) is 0 Å². The Morgan fingerprint density at radius 2 is 0.976 bits per heavy atom. The van der Waals surface area contributed by atoms with Gasteiger partial charge in [-0.15, -0.1) is 0 Å². The second kappa shape index (κ2) is 15.6. The predicted octanol–water partition coefficient (Wildman–Crippen LogP) is 8.17. The van der Waals surface area contributed by atoms with Gasteiger partial charge in [-0.2, -0.15) is 0 Å². The summed E-state index contributed by atoms with van der Waals surface area (Å²) in [6.07, 6.45) is 1.87. The quantitative estimate of drug-likeness (QED) is 0.135. The van der Waals surface area contributed by atoms with Crippen LogP contribution in [-0.4, -0.2) is 30.3 Å². The zero-order chi connectivity index (χ0) is 31.0. The van der Waals surface area contributed by atoms with Crippen molar-refractivity contribution in [3.63, 3.8) is 0 Å². The maximum absolute atomic E-state index is 7.50. The second-order valence-corrected chi connectivity index (χ2v) is 11.8. The summed E-state index contributed by atoms with van der Waals surface area (Å²) in [4.78, 5) is 32.0. The van der Waals surface area contributed by atoms with Crippen LogP contribution >= 0.6 is 11.6 Å². The Hall–Kier alpha value is -3.56. The van der Waals surface area contributed by atoms with Crippen molar-refractivity contribution in [3.05, 3.63) is 95.3 Å². The zero-order valence-electron chi connectivity index (χ0n) is 24.4. The van der Waals surface area contributed by atoms with Crippen LogP contribution in [0.5, 0.6) is 0 Å². The third-order valence-corrected chi connectivity index (χ3v) is 6.98. The normalized spacial score (nSPS) is 10.6. The molecule has 0 aliphatic carbocycles. The molecule has 0 aliphatic rings. The van der Waals surface area contributed by atoms with E-state index in [1.807, 2.05) is 12.3 Å². The number of rotatable bonds is 2. The van der Waals surface area contributed by atoms with E-state index in [1.54, 1.807) is 0 Å². The van der Waals surface area contributed by atoms with Crippen molar-refractivity contribution in [3.8, 4) is 22.3 Å². The Bertz CT molecular complexity index is 1600. The number of carbonyl (C=O) groups excluding carboxylic acids is 3. The Morgan fingerprint density at radius 3 is 1.40 bits per heavy atom. The molecule has 0 fully saturated rings. The standard InChI is InChI=1S/C32H31ClN2.3CO.Re/c1-31(2,3)22-11-7-20(8-12-22)24-17-18-34-29-25(24)15-16-26-27(19-28(33)35-30(26)29)21-9-13-23(14-10-21)32(4,5)6;3*1-2;/h7-19H,1-6H3;;;;. The van der Waals surface area contributed by atoms with Gasteiger partial charge in [-0.25, -0.2) is 4.98 Å². The van der Waals surface area contributed by atoms with Gasteiger partial charge in [0.05, 0.1) is 11.0 Å². The minimum Gasteiger partial charge on any atom is -0.281 e. The molecule has 7 heteroatoms. The predicted molar refractivity (Wildman–Crippen MR) is 167 cm³/mol. The van der Waals surface area contributed by atoms with Crippen molar-refractivity contribution in [1.82, 2.24) is 9.97 Å². The monoisotopic (exact) mass is 749 g/mol. The molecule has 5 rings (SSSR count). The number of hydrogen-bond acceptors (Lipinski definition) is 5. The van der Waals surface area contributed by atoms with Gasteiger partial charge >= 0.3 is 0 Å². The summed E-state index contributed by atoms with van der Waals surface area (Å²) in [5.41, 5.74) is 9.08. The first-order valence-corrected chi connectivity index (χ1v) is 13.1. The SMILES string of the molecule is CC(C)(C)c1ccc(-c2ccnc3c2ccc2c(-c4ccc(C(C)(C)C)cc4)cc(Cl)nc23)cc1.[C]=O.[C]=O.[C]=O.[Re]. The molecule has 3 aromatic carbocycles. The van der Waals surface area contributed by atoms with E-state index in [-0.39, 0.29) is 31.3 Å². The van der Waals surface area contributed by atoms with E-state index in [1.165, 1.54) is 16.7 Å². The summed E-state index contributed by atoms with van der Waals surface area (Å²) in [5.74, 6) is 0. The molecule has 0 saturated heterocycles. The zero-order valence-corrected chi connectivity index (χ0v) is 27.9. The Labute approximate surface area is 267 Å². The summed E-state index contributed by atoms with van der Waals surface area (Å²) in [7, 11) is 0. The largest absolute Gasteiger partial charge is 0.281 e. The number of fused-ring (bicyclic) bond motifs is 3. The van der Waals surface area contributed by atoms with Crippen LogP contribution in [0.2, 0.25) is 5.15 Å². The summed E-state index contributed by atoms with van der Waals surface area (Å²) >= 11 is 6.56. The maximum Gasteiger partial charge on any atom is 0.281 e. The van der Waals surface area contributed by atoms with Crippen LogP contribution in [0, 0.1) is 0 Å². The van der Waals surface area contributed by atoms with Crippen LogP contribution in [0.3, 0.4) is 0 Å². The van der Waals surface area contributed by atoms with Gasteiger partial charge in [-0.05, 0) is 56.3 Å². The second-order valence-electron chi connectivity index (χ2n) is 11.4. The summed E-state index contributed by atoms with van der Waals surface area (Å²) in [6, 6.07) is 26.0. The molecule has 5 nitrogen and oxygen atoms in total. The molecule has 7 radical (unpaired) electrons. The van der Waals surface area contributed by atoms with Gasteiger partial charge in [-0.3, -0.25) is 19.4 Å². The number of pyridine rings is 2. The van der Waals surface area contributed by atoms with Crippen LogP contribution in [0.4, 0.5) is 0 Å². The number of halogens is 1. The van der Waals surface area contributed by atoms with E-state index in [2.05, 4.69) is 129 Å². The first kappa shape index (κ1) is 36.5. The average Bonchev–Trinajstić information content (AvgIpc) is 2.98. The van der Waals surface area contributed by atoms with Crippen LogP contribution in [-0.2, 0) is 45.6 Å². The minimum atomic E-state index is 0. The third kappa shape index (κ3) is 8.04. The molecule has 5 aromatic rings. The number of nitrogens with zero attached hydrogens (tertiary/aromatic N) is 2. The van der Waals surface area contributed by atoms with Crippen LogP contribution < -0.4 is 0 Å². The Kier molecular flexibility index (Phi) is 13.6. The fraction of sp³-hybridized carbons (Fsp3) is 0.229. The van der Waals surface area contributed by atoms with Gasteiger partial charge < -0.3 is 0 Å². The molecule has 0 N–H and O–H groups in total. The van der Waals surface area contributed by atoms with E-state index < -0.39 is 0 Å². The van der Waals surface area contributed by atoms with E-state index >= 15 is 0 Å². The van der Waals surface area contributed by atoms with Crippen LogP contribution in [0.1, 0.15) is 52.7 Å². The molecular weight excluding hydrogens is 718 g/mol. The number of aromatic nitrogens is 2. The fourth-order valence-corrected chi connectivity index (χ4v) is 4.85. The Morgan fingerprint density at radius 1 is 0.571 bits per heavy atom. The molecule has 0 aliphatic heterocycles. The first-order chi connectivity index (χ1) is 19.5. The van der Waals surface area contributed by atoms with Gasteiger partial charge in [0.25, 0.3) is 20.4 Å². The molecular formula is C35H31ClN2O3Re. The fourth-order valence-electron chi connectivity index (χ4n) is 4.66. The molecule has 0 amide bonds. The summed E-state index contributed by atoms with van der Waals surface area (Å²) in [6.45, 7) is 26.9. The van der Waals surface area contributed by atoms with Crippen molar-refractivity contribution >= 4 is 53.8 Å². The molecule has 0 unspecified atom stereocenters. The Balaban J connectivity index is 0.00000119. The smallest absolute Gasteiger partial charge is 0.281 e. The van der Waals surface area contributed by atoms with Gasteiger partial charge in [0, 0.05) is 37.4 Å². The molecule has 0 atom stereocenters. The van der Waals surface area contributed by atoms with E-state index in [4.69, 9.17) is 36.0 Å². The molecule has 2 heterocycles. The average molecular weight is 749 g/mol. The third-order valence-electron chi connectivity index (χ3n) is 6.78. The molecule has 213 valence electrons. The molecule has 0 bridgehead atoms. The topological polar surface area (TPSA) is 77.0 Å². The van der Waals surface area contributed by atoms with Crippen molar-refractivity contribution in [2.75, 3.05) is 0 Å². The van der Waals surface area contributed by atoms with Crippen molar-refractivity contribution in [2.24, 2.45) is 0 Å².